The molecular formula is C18H27N9Pu. The summed E-state index contributed by atoms with van der Waals surface area (Å²) < 4.78 is 0. The quantitative estimate of drug-likeness (QED) is 0.367. The molecule has 0 aromatic heterocycles. The maximum atomic E-state index is 7.32. The normalized spacial score (nSPS) is 2.57. The molecule has 0 aliphatic heterocycles. The van der Waals surface area contributed by atoms with Gasteiger partial charge >= 0.3 is 0 Å². The molecule has 0 amide bonds. The maximum Gasteiger partial charge on any atom is 0.0587 e. The zero-order chi connectivity index (χ0) is 24.4. The Bertz CT molecular complexity index is 396. The molecule has 0 aliphatic carbocycles. The van der Waals surface area contributed by atoms with Crippen molar-refractivity contribution in [1.82, 2.24) is 0 Å². The molecule has 0 bridgehead atoms. The first kappa shape index (κ1) is 64.4. The summed E-state index contributed by atoms with van der Waals surface area (Å²) >= 11 is 0. The van der Waals surface area contributed by atoms with Gasteiger partial charge in [-0.15, -0.1) is 0 Å². The van der Waals surface area contributed by atoms with Crippen molar-refractivity contribution in [3.8, 4) is 54.6 Å². The van der Waals surface area contributed by atoms with E-state index in [1.807, 2.05) is 0 Å². The van der Waals surface area contributed by atoms with Gasteiger partial charge in [-0.2, -0.15) is 47.4 Å². The van der Waals surface area contributed by atoms with E-state index in [0.29, 0.717) is 0 Å². The standard InChI is InChI=1S/9C2H3N.Pu/c9*1-2-3;/h9*1H3;. The van der Waals surface area contributed by atoms with E-state index < -0.39 is 0 Å². The van der Waals surface area contributed by atoms with E-state index in [-0.39, 0.29) is 29.2 Å². The third-order valence-electron chi connectivity index (χ3n) is 0. The first-order chi connectivity index (χ1) is 12.7. The van der Waals surface area contributed by atoms with Crippen LogP contribution in [0.25, 0.3) is 0 Å². The van der Waals surface area contributed by atoms with E-state index in [1.54, 1.807) is 54.6 Å². The van der Waals surface area contributed by atoms with Gasteiger partial charge in [0, 0.05) is 91.5 Å². The number of nitrogens with zero attached hydrogens (tertiary/aromatic N) is 9. The van der Waals surface area contributed by atoms with Crippen molar-refractivity contribution in [3.05, 3.63) is 0 Å². The van der Waals surface area contributed by atoms with E-state index in [9.17, 15) is 0 Å². The molecule has 0 aliphatic rings. The van der Waals surface area contributed by atoms with Crippen LogP contribution in [-0.2, 0) is 0 Å². The fourth-order valence-corrected chi connectivity index (χ4v) is 0. The van der Waals surface area contributed by atoms with E-state index in [1.165, 1.54) is 62.3 Å². The minimum Gasteiger partial charge on any atom is -0.199 e. The Morgan fingerprint density at radius 3 is 0.250 bits per heavy atom. The predicted octanol–water partition coefficient (Wildman–Crippen LogP) is 4.77. The SMILES string of the molecule is CC#N.CC#N.CC#N.CC#N.CC#N.CC#N.CC#N.CC#N.CC#N.[Pu]. The first-order valence-electron chi connectivity index (χ1n) is 6.51. The van der Waals surface area contributed by atoms with Gasteiger partial charge in [0.25, 0.3) is 0 Å². The Morgan fingerprint density at radius 2 is 0.250 bits per heavy atom. The summed E-state index contributed by atoms with van der Waals surface area (Å²) in [7, 11) is 0. The minimum atomic E-state index is 0. The molecule has 0 heterocycles. The fraction of sp³-hybridized carbons (Fsp3) is 0.500. The zero-order valence-electron chi connectivity index (χ0n) is 17.9. The van der Waals surface area contributed by atoms with Crippen LogP contribution in [0.5, 0.6) is 0 Å². The van der Waals surface area contributed by atoms with Crippen molar-refractivity contribution < 1.29 is 29.2 Å². The number of hydrogen-bond donors (Lipinski definition) is 0. The largest absolute Gasteiger partial charge is 0.199 e. The molecule has 10 heteroatoms. The van der Waals surface area contributed by atoms with Crippen LogP contribution in [0, 0.1) is 131 Å². The Kier molecular flexibility index (Phi) is 927. The molecule has 0 radical (unpaired) electrons. The number of nitriles is 9. The van der Waals surface area contributed by atoms with Crippen LogP contribution in [0.2, 0.25) is 0 Å². The second-order valence-corrected chi connectivity index (χ2v) is 2.01. The summed E-state index contributed by atoms with van der Waals surface area (Å²) in [4.78, 5) is 0. The van der Waals surface area contributed by atoms with Crippen LogP contribution < -0.4 is 0 Å². The van der Waals surface area contributed by atoms with Gasteiger partial charge in [-0.05, 0) is 0 Å². The van der Waals surface area contributed by atoms with E-state index in [2.05, 4.69) is 0 Å². The zero-order valence-corrected chi connectivity index (χ0v) is 21.3. The average Bonchev–Trinajstić information content (AvgIpc) is 2.53. The van der Waals surface area contributed by atoms with Crippen LogP contribution >= 0.6 is 0 Å². The van der Waals surface area contributed by atoms with Crippen LogP contribution in [0.4, 0.5) is 0 Å². The summed E-state index contributed by atoms with van der Waals surface area (Å²) in [5, 5.41) is 65.9. The second-order valence-electron chi connectivity index (χ2n) is 2.01. The van der Waals surface area contributed by atoms with Crippen molar-refractivity contribution in [2.45, 2.75) is 62.3 Å². The molecule has 0 saturated heterocycles. The molecular weight excluding hydrogens is 586 g/mol. The molecule has 28 heavy (non-hydrogen) atoms. The topological polar surface area (TPSA) is 214 Å². The Hall–Kier alpha value is -3.60. The van der Waals surface area contributed by atoms with Gasteiger partial charge in [-0.1, -0.05) is 0 Å². The molecule has 0 N–H and O–H groups in total. The number of rotatable bonds is 0. The Labute approximate surface area is 193 Å². The van der Waals surface area contributed by atoms with Crippen LogP contribution in [0.1, 0.15) is 62.3 Å². The molecule has 0 unspecified atom stereocenters. The van der Waals surface area contributed by atoms with Crippen molar-refractivity contribution >= 4 is 0 Å². The summed E-state index contributed by atoms with van der Waals surface area (Å²) in [5.74, 6) is 0. The molecule has 0 rings (SSSR count). The molecule has 150 valence electrons. The van der Waals surface area contributed by atoms with Crippen LogP contribution in [0.15, 0.2) is 0 Å². The summed E-state index contributed by atoms with van der Waals surface area (Å²) in [6, 6.07) is 15.8. The molecule has 0 saturated carbocycles. The maximum absolute atomic E-state index is 7.32. The fourth-order valence-electron chi connectivity index (χ4n) is 0. The van der Waals surface area contributed by atoms with E-state index >= 15 is 0 Å². The van der Waals surface area contributed by atoms with E-state index in [0.717, 1.165) is 0 Å². The summed E-state index contributed by atoms with van der Waals surface area (Å²) in [6.07, 6.45) is 0. The van der Waals surface area contributed by atoms with Crippen LogP contribution in [0.3, 0.4) is 0 Å². The van der Waals surface area contributed by atoms with Crippen LogP contribution in [-0.4, -0.2) is 0 Å². The van der Waals surface area contributed by atoms with Crippen molar-refractivity contribution in [1.29, 1.82) is 47.4 Å². The van der Waals surface area contributed by atoms with Crippen molar-refractivity contribution in [2.24, 2.45) is 0 Å². The van der Waals surface area contributed by atoms with Crippen molar-refractivity contribution in [3.63, 3.8) is 0 Å². The minimum absolute atomic E-state index is 0. The van der Waals surface area contributed by atoms with Crippen molar-refractivity contribution in [2.75, 3.05) is 0 Å². The summed E-state index contributed by atoms with van der Waals surface area (Å²) in [5.41, 5.74) is 0. The third kappa shape index (κ3) is 790. The molecule has 0 aromatic rings. The first-order valence-corrected chi connectivity index (χ1v) is 6.51. The van der Waals surface area contributed by atoms with Gasteiger partial charge in [0.1, 0.15) is 0 Å². The Balaban J connectivity index is -0.0000000162. The molecule has 0 fully saturated rings. The van der Waals surface area contributed by atoms with Gasteiger partial charge in [0.05, 0.1) is 54.6 Å². The number of hydrogen-bond acceptors (Lipinski definition) is 9. The Morgan fingerprint density at radius 1 is 0.250 bits per heavy atom. The predicted molar refractivity (Wildman–Crippen MR) is 102 cm³/mol. The monoisotopic (exact) mass is 607 g/mol. The summed E-state index contributed by atoms with van der Waals surface area (Å²) in [6.45, 7) is 12.9. The van der Waals surface area contributed by atoms with Gasteiger partial charge in [-0.25, -0.2) is 0 Å². The van der Waals surface area contributed by atoms with Gasteiger partial charge in [-0.3, -0.25) is 0 Å². The molecule has 0 spiro atoms. The average molecular weight is 613 g/mol. The smallest absolute Gasteiger partial charge is 0.0587 e. The molecule has 0 aromatic carbocycles. The van der Waals surface area contributed by atoms with Gasteiger partial charge in [0.2, 0.25) is 0 Å². The molecule has 9 nitrogen and oxygen atoms in total. The second kappa shape index (κ2) is 403. The van der Waals surface area contributed by atoms with Gasteiger partial charge in [0.15, 0.2) is 0 Å². The molecule has 0 atom stereocenters. The van der Waals surface area contributed by atoms with Gasteiger partial charge < -0.3 is 0 Å². The third-order valence-corrected chi connectivity index (χ3v) is 0. The van der Waals surface area contributed by atoms with E-state index in [4.69, 9.17) is 47.4 Å².